The predicted octanol–water partition coefficient (Wildman–Crippen LogP) is 0.721. The van der Waals surface area contributed by atoms with Crippen molar-refractivity contribution in [3.05, 3.63) is 6.33 Å². The maximum Gasteiger partial charge on any atom is 0.233 e. The molecule has 2 heterocycles. The Morgan fingerprint density at radius 3 is 2.82 bits per heavy atom. The van der Waals surface area contributed by atoms with E-state index in [0.717, 1.165) is 6.42 Å². The molecule has 7 nitrogen and oxygen atoms in total. The number of rotatable bonds is 6. The van der Waals surface area contributed by atoms with Gasteiger partial charge in [0.1, 0.15) is 6.33 Å². The molecule has 1 saturated heterocycles. The molecule has 0 aromatic carbocycles. The van der Waals surface area contributed by atoms with E-state index in [4.69, 9.17) is 0 Å². The van der Waals surface area contributed by atoms with Gasteiger partial charge in [0, 0.05) is 19.1 Å². The highest BCUT2D eigenvalue weighted by Gasteiger charge is 2.36. The van der Waals surface area contributed by atoms with Crippen LogP contribution in [0.5, 0.6) is 0 Å². The van der Waals surface area contributed by atoms with Gasteiger partial charge in [0.05, 0.1) is 17.3 Å². The molecule has 22 heavy (non-hydrogen) atoms. The quantitative estimate of drug-likeness (QED) is 0.706. The summed E-state index contributed by atoms with van der Waals surface area (Å²) in [6, 6.07) is -0.168. The first-order valence-corrected chi connectivity index (χ1v) is 10.1. The second-order valence-electron chi connectivity index (χ2n) is 5.63. The van der Waals surface area contributed by atoms with E-state index in [1.807, 2.05) is 20.9 Å². The Bertz CT molecular complexity index is 629. The fraction of sp³-hybridized carbons (Fsp3) is 0.769. The number of aromatic nitrogens is 3. The first kappa shape index (κ1) is 17.3. The summed E-state index contributed by atoms with van der Waals surface area (Å²) in [6.07, 6.45) is 2.92. The minimum atomic E-state index is -3.01. The molecule has 0 aliphatic carbocycles. The highest BCUT2D eigenvalue weighted by molar-refractivity contribution is 7.99. The molecule has 2 atom stereocenters. The number of hydrogen-bond donors (Lipinski definition) is 0. The molecule has 2 rings (SSSR count). The molecule has 1 fully saturated rings. The van der Waals surface area contributed by atoms with Gasteiger partial charge in [-0.25, -0.2) is 8.42 Å². The minimum absolute atomic E-state index is 0.0332. The van der Waals surface area contributed by atoms with Crippen LogP contribution in [0.25, 0.3) is 0 Å². The molecule has 9 heteroatoms. The van der Waals surface area contributed by atoms with Crippen molar-refractivity contribution >= 4 is 27.5 Å². The number of aryl methyl sites for hydroxylation is 1. The average molecular weight is 346 g/mol. The summed E-state index contributed by atoms with van der Waals surface area (Å²) >= 11 is 1.33. The zero-order valence-electron chi connectivity index (χ0n) is 13.1. The largest absolute Gasteiger partial charge is 0.335 e. The first-order valence-electron chi connectivity index (χ1n) is 7.32. The van der Waals surface area contributed by atoms with Crippen molar-refractivity contribution in [3.63, 3.8) is 0 Å². The van der Waals surface area contributed by atoms with E-state index < -0.39 is 9.84 Å². The summed E-state index contributed by atoms with van der Waals surface area (Å²) in [7, 11) is -1.19. The molecule has 0 unspecified atom stereocenters. The van der Waals surface area contributed by atoms with Crippen LogP contribution in [0.2, 0.25) is 0 Å². The third-order valence-corrected chi connectivity index (χ3v) is 6.72. The van der Waals surface area contributed by atoms with Crippen LogP contribution in [0.4, 0.5) is 0 Å². The molecule has 1 aliphatic rings. The van der Waals surface area contributed by atoms with Crippen molar-refractivity contribution in [2.24, 2.45) is 7.05 Å². The molecule has 1 aliphatic heterocycles. The molecule has 1 aromatic rings. The van der Waals surface area contributed by atoms with Crippen LogP contribution in [0.1, 0.15) is 26.7 Å². The number of sulfone groups is 1. The lowest BCUT2D eigenvalue weighted by atomic mass is 10.1. The van der Waals surface area contributed by atoms with Crippen molar-refractivity contribution in [1.82, 2.24) is 19.7 Å². The summed E-state index contributed by atoms with van der Waals surface area (Å²) in [5, 5.41) is 8.40. The third kappa shape index (κ3) is 4.01. The van der Waals surface area contributed by atoms with E-state index in [2.05, 4.69) is 10.2 Å². The Morgan fingerprint density at radius 2 is 2.32 bits per heavy atom. The van der Waals surface area contributed by atoms with Gasteiger partial charge in [0.25, 0.3) is 0 Å². The van der Waals surface area contributed by atoms with Crippen molar-refractivity contribution in [1.29, 1.82) is 0 Å². The average Bonchev–Trinajstić information content (AvgIpc) is 3.02. The molecule has 1 amide bonds. The Kier molecular flexibility index (Phi) is 5.49. The van der Waals surface area contributed by atoms with Gasteiger partial charge in [-0.2, -0.15) is 0 Å². The maximum absolute atomic E-state index is 12.6. The normalized spacial score (nSPS) is 21.7. The van der Waals surface area contributed by atoms with Crippen LogP contribution in [0.15, 0.2) is 11.5 Å². The Morgan fingerprint density at radius 1 is 1.59 bits per heavy atom. The second-order valence-corrected chi connectivity index (χ2v) is 8.80. The van der Waals surface area contributed by atoms with Gasteiger partial charge >= 0.3 is 0 Å². The Hall–Kier alpha value is -1.09. The Labute approximate surface area is 135 Å². The van der Waals surface area contributed by atoms with Gasteiger partial charge in [0.2, 0.25) is 5.91 Å². The van der Waals surface area contributed by atoms with Crippen LogP contribution in [0.3, 0.4) is 0 Å². The lowest BCUT2D eigenvalue weighted by Crippen LogP contribution is -2.47. The molecular weight excluding hydrogens is 324 g/mol. The number of thioether (sulfide) groups is 1. The van der Waals surface area contributed by atoms with E-state index in [-0.39, 0.29) is 35.2 Å². The first-order chi connectivity index (χ1) is 10.3. The second kappa shape index (κ2) is 6.99. The monoisotopic (exact) mass is 346 g/mol. The van der Waals surface area contributed by atoms with E-state index in [0.29, 0.717) is 11.6 Å². The van der Waals surface area contributed by atoms with E-state index in [9.17, 15) is 13.2 Å². The van der Waals surface area contributed by atoms with Crippen LogP contribution in [-0.4, -0.2) is 63.3 Å². The lowest BCUT2D eigenvalue weighted by Gasteiger charge is -2.33. The number of carbonyl (C=O) groups excluding carboxylic acids is 1. The van der Waals surface area contributed by atoms with Crippen molar-refractivity contribution in [3.8, 4) is 0 Å². The molecule has 0 radical (unpaired) electrons. The van der Waals surface area contributed by atoms with E-state index in [1.165, 1.54) is 11.8 Å². The summed E-state index contributed by atoms with van der Waals surface area (Å²) in [5.74, 6) is 0.462. The number of carbonyl (C=O) groups is 1. The maximum atomic E-state index is 12.6. The van der Waals surface area contributed by atoms with Gasteiger partial charge in [-0.05, 0) is 19.8 Å². The summed E-state index contributed by atoms with van der Waals surface area (Å²) in [4.78, 5) is 14.4. The summed E-state index contributed by atoms with van der Waals surface area (Å²) in [5.41, 5.74) is 0. The van der Waals surface area contributed by atoms with Crippen LogP contribution >= 0.6 is 11.8 Å². The van der Waals surface area contributed by atoms with Crippen molar-refractivity contribution < 1.29 is 13.2 Å². The molecule has 1 aromatic heterocycles. The molecule has 0 saturated carbocycles. The van der Waals surface area contributed by atoms with Crippen LogP contribution in [-0.2, 0) is 21.7 Å². The Balaban J connectivity index is 2.05. The number of hydrogen-bond acceptors (Lipinski definition) is 6. The molecule has 124 valence electrons. The molecule has 0 spiro atoms. The van der Waals surface area contributed by atoms with E-state index >= 15 is 0 Å². The molecule has 0 N–H and O–H groups in total. The van der Waals surface area contributed by atoms with Gasteiger partial charge in [-0.1, -0.05) is 18.7 Å². The van der Waals surface area contributed by atoms with Gasteiger partial charge in [-0.15, -0.1) is 10.2 Å². The molecule has 0 bridgehead atoms. The van der Waals surface area contributed by atoms with Crippen molar-refractivity contribution in [2.45, 2.75) is 43.9 Å². The minimum Gasteiger partial charge on any atom is -0.335 e. The zero-order chi connectivity index (χ0) is 16.3. The standard InChI is InChI=1S/C13H22N4O3S2/c1-4-10(2)17(11-5-6-22(19,20)8-11)12(18)7-21-13-15-14-9-16(13)3/h9-11H,4-8H2,1-3H3/t10-,11-/m1/s1. The van der Waals surface area contributed by atoms with Crippen LogP contribution in [0, 0.1) is 0 Å². The topological polar surface area (TPSA) is 85.2 Å². The molecular formula is C13H22N4O3S2. The lowest BCUT2D eigenvalue weighted by molar-refractivity contribution is -0.132. The fourth-order valence-electron chi connectivity index (χ4n) is 2.60. The van der Waals surface area contributed by atoms with Crippen molar-refractivity contribution in [2.75, 3.05) is 17.3 Å². The summed E-state index contributed by atoms with van der Waals surface area (Å²) in [6.45, 7) is 3.97. The van der Waals surface area contributed by atoms with Gasteiger partial charge < -0.3 is 9.47 Å². The van der Waals surface area contributed by atoms with Gasteiger partial charge in [-0.3, -0.25) is 4.79 Å². The predicted molar refractivity (Wildman–Crippen MR) is 85.4 cm³/mol. The fourth-order valence-corrected chi connectivity index (χ4v) is 5.07. The number of amides is 1. The van der Waals surface area contributed by atoms with E-state index in [1.54, 1.807) is 15.8 Å². The highest BCUT2D eigenvalue weighted by Crippen LogP contribution is 2.23. The number of nitrogens with zero attached hydrogens (tertiary/aromatic N) is 4. The SMILES string of the molecule is CC[C@@H](C)N(C(=O)CSc1nncn1C)[C@@H]1CCS(=O)(=O)C1. The zero-order valence-corrected chi connectivity index (χ0v) is 14.7. The highest BCUT2D eigenvalue weighted by atomic mass is 32.2. The summed E-state index contributed by atoms with van der Waals surface area (Å²) < 4.78 is 25.2. The van der Waals surface area contributed by atoms with Crippen LogP contribution < -0.4 is 0 Å². The third-order valence-electron chi connectivity index (χ3n) is 3.95. The smallest absolute Gasteiger partial charge is 0.233 e. The van der Waals surface area contributed by atoms with Gasteiger partial charge in [0.15, 0.2) is 15.0 Å².